The predicted octanol–water partition coefficient (Wildman–Crippen LogP) is 3.92. The monoisotopic (exact) mass is 542 g/mol. The van der Waals surface area contributed by atoms with Crippen LogP contribution in [0.5, 0.6) is 0 Å². The first-order chi connectivity index (χ1) is 13.8. The quantitative estimate of drug-likeness (QED) is 0.263. The van der Waals surface area contributed by atoms with E-state index < -0.39 is 17.6 Å². The van der Waals surface area contributed by atoms with Crippen LogP contribution in [0, 0.1) is 11.7 Å². The van der Waals surface area contributed by atoms with Crippen LogP contribution in [0.1, 0.15) is 43.2 Å². The van der Waals surface area contributed by atoms with Crippen molar-refractivity contribution in [3.05, 3.63) is 35.1 Å². The average Bonchev–Trinajstić information content (AvgIpc) is 3.36. The molecule has 1 heterocycles. The maximum absolute atomic E-state index is 13.2. The Kier molecular flexibility index (Phi) is 8.74. The number of hydrogen-bond acceptors (Lipinski definition) is 2. The Morgan fingerprint density at radius 3 is 2.57 bits per heavy atom. The van der Waals surface area contributed by atoms with Crippen molar-refractivity contribution in [3.63, 3.8) is 0 Å². The molecule has 2 N–H and O–H groups in total. The standard InChI is InChI=1S/C20H26F4N4O.HI/c1-25-19(26-11-14-6-7-15(21)10-17(14)20(22,23)24)27-16-8-9-28(12-16)18(29)13-4-2-3-5-13;/h6-7,10,13,16H,2-5,8-9,11-12H2,1H3,(H2,25,26,27);1H. The van der Waals surface area contributed by atoms with Crippen molar-refractivity contribution in [1.82, 2.24) is 15.5 Å². The second-order valence-corrected chi connectivity index (χ2v) is 7.62. The number of carbonyl (C=O) groups excluding carboxylic acids is 1. The van der Waals surface area contributed by atoms with Gasteiger partial charge in [0.05, 0.1) is 5.56 Å². The summed E-state index contributed by atoms with van der Waals surface area (Å²) < 4.78 is 52.6. The fourth-order valence-electron chi connectivity index (χ4n) is 4.04. The molecule has 1 saturated carbocycles. The third kappa shape index (κ3) is 6.21. The van der Waals surface area contributed by atoms with Crippen LogP contribution in [0.4, 0.5) is 17.6 Å². The first-order valence-corrected chi connectivity index (χ1v) is 9.89. The molecule has 1 amide bonds. The summed E-state index contributed by atoms with van der Waals surface area (Å²) in [6.45, 7) is 1.08. The molecule has 0 aromatic heterocycles. The highest BCUT2D eigenvalue weighted by atomic mass is 127. The number of likely N-dealkylation sites (tertiary alicyclic amines) is 1. The molecule has 168 valence electrons. The van der Waals surface area contributed by atoms with Gasteiger partial charge in [-0.05, 0) is 37.0 Å². The Morgan fingerprint density at radius 2 is 1.93 bits per heavy atom. The van der Waals surface area contributed by atoms with E-state index in [1.54, 1.807) is 0 Å². The number of halogens is 5. The van der Waals surface area contributed by atoms with Crippen molar-refractivity contribution in [2.24, 2.45) is 10.9 Å². The summed E-state index contributed by atoms with van der Waals surface area (Å²) in [5.41, 5.74) is -1.07. The van der Waals surface area contributed by atoms with Gasteiger partial charge in [0.25, 0.3) is 0 Å². The topological polar surface area (TPSA) is 56.7 Å². The molecule has 10 heteroatoms. The SMILES string of the molecule is CN=C(NCc1ccc(F)cc1C(F)(F)F)NC1CCN(C(=O)C2CCCC2)C1.I. The molecule has 1 saturated heterocycles. The van der Waals surface area contributed by atoms with Gasteiger partial charge in [-0.25, -0.2) is 4.39 Å². The molecule has 1 unspecified atom stereocenters. The van der Waals surface area contributed by atoms with E-state index in [1.165, 1.54) is 7.05 Å². The molecule has 0 bridgehead atoms. The molecule has 30 heavy (non-hydrogen) atoms. The van der Waals surface area contributed by atoms with Crippen LogP contribution in [-0.2, 0) is 17.5 Å². The van der Waals surface area contributed by atoms with Crippen molar-refractivity contribution >= 4 is 35.8 Å². The van der Waals surface area contributed by atoms with E-state index in [-0.39, 0.29) is 54.0 Å². The Morgan fingerprint density at radius 1 is 1.23 bits per heavy atom. The number of nitrogens with zero attached hydrogens (tertiary/aromatic N) is 2. The van der Waals surface area contributed by atoms with Gasteiger partial charge in [0, 0.05) is 38.6 Å². The second-order valence-electron chi connectivity index (χ2n) is 7.62. The van der Waals surface area contributed by atoms with Gasteiger partial charge in [0.15, 0.2) is 5.96 Å². The number of guanidine groups is 1. The van der Waals surface area contributed by atoms with Gasteiger partial charge < -0.3 is 15.5 Å². The van der Waals surface area contributed by atoms with Gasteiger partial charge >= 0.3 is 6.18 Å². The molecule has 2 aliphatic rings. The summed E-state index contributed by atoms with van der Waals surface area (Å²) >= 11 is 0. The summed E-state index contributed by atoms with van der Waals surface area (Å²) in [5.74, 6) is -0.245. The van der Waals surface area contributed by atoms with Gasteiger partial charge in [0.1, 0.15) is 5.82 Å². The van der Waals surface area contributed by atoms with Gasteiger partial charge in [-0.2, -0.15) is 13.2 Å². The van der Waals surface area contributed by atoms with Crippen molar-refractivity contribution < 1.29 is 22.4 Å². The van der Waals surface area contributed by atoms with Crippen molar-refractivity contribution in [2.75, 3.05) is 20.1 Å². The molecule has 1 atom stereocenters. The fourth-order valence-corrected chi connectivity index (χ4v) is 4.04. The van der Waals surface area contributed by atoms with E-state index in [1.807, 2.05) is 4.90 Å². The van der Waals surface area contributed by atoms with Crippen LogP contribution in [0.15, 0.2) is 23.2 Å². The van der Waals surface area contributed by atoms with E-state index in [0.717, 1.165) is 44.2 Å². The molecule has 1 aromatic rings. The number of carbonyl (C=O) groups is 1. The molecular weight excluding hydrogens is 515 g/mol. The van der Waals surface area contributed by atoms with E-state index in [0.29, 0.717) is 25.1 Å². The van der Waals surface area contributed by atoms with Gasteiger partial charge in [-0.3, -0.25) is 9.79 Å². The zero-order valence-electron chi connectivity index (χ0n) is 16.8. The Labute approximate surface area is 190 Å². The summed E-state index contributed by atoms with van der Waals surface area (Å²) in [7, 11) is 1.53. The Hall–Kier alpha value is -1.59. The molecule has 3 rings (SSSR count). The van der Waals surface area contributed by atoms with Crippen LogP contribution in [0.3, 0.4) is 0 Å². The van der Waals surface area contributed by atoms with Crippen LogP contribution in [0.25, 0.3) is 0 Å². The van der Waals surface area contributed by atoms with Gasteiger partial charge in [0.2, 0.25) is 5.91 Å². The molecule has 0 radical (unpaired) electrons. The van der Waals surface area contributed by atoms with E-state index >= 15 is 0 Å². The lowest BCUT2D eigenvalue weighted by molar-refractivity contribution is -0.138. The van der Waals surface area contributed by atoms with Crippen molar-refractivity contribution in [2.45, 2.75) is 50.9 Å². The second kappa shape index (κ2) is 10.6. The van der Waals surface area contributed by atoms with Crippen LogP contribution >= 0.6 is 24.0 Å². The largest absolute Gasteiger partial charge is 0.416 e. The number of hydrogen-bond donors (Lipinski definition) is 2. The predicted molar refractivity (Wildman–Crippen MR) is 117 cm³/mol. The third-order valence-electron chi connectivity index (χ3n) is 5.59. The molecule has 1 aromatic carbocycles. The number of nitrogens with one attached hydrogen (secondary N) is 2. The zero-order valence-corrected chi connectivity index (χ0v) is 19.1. The number of rotatable bonds is 4. The molecule has 0 spiro atoms. The highest BCUT2D eigenvalue weighted by molar-refractivity contribution is 14.0. The van der Waals surface area contributed by atoms with Gasteiger partial charge in [-0.15, -0.1) is 24.0 Å². The smallest absolute Gasteiger partial charge is 0.352 e. The molecular formula is C20H27F4IN4O. The first-order valence-electron chi connectivity index (χ1n) is 9.89. The van der Waals surface area contributed by atoms with Crippen LogP contribution in [0.2, 0.25) is 0 Å². The minimum Gasteiger partial charge on any atom is -0.352 e. The fraction of sp³-hybridized carbons (Fsp3) is 0.600. The minimum atomic E-state index is -4.64. The number of alkyl halides is 3. The lowest BCUT2D eigenvalue weighted by atomic mass is 10.1. The maximum Gasteiger partial charge on any atom is 0.416 e. The summed E-state index contributed by atoms with van der Waals surface area (Å²) in [6.07, 6.45) is 0.232. The third-order valence-corrected chi connectivity index (χ3v) is 5.59. The lowest BCUT2D eigenvalue weighted by Gasteiger charge is -2.22. The minimum absolute atomic E-state index is 0. The average molecular weight is 542 g/mol. The lowest BCUT2D eigenvalue weighted by Crippen LogP contribution is -2.45. The highest BCUT2D eigenvalue weighted by Crippen LogP contribution is 2.32. The summed E-state index contributed by atoms with van der Waals surface area (Å²) in [4.78, 5) is 18.5. The van der Waals surface area contributed by atoms with E-state index in [9.17, 15) is 22.4 Å². The van der Waals surface area contributed by atoms with Crippen LogP contribution in [-0.4, -0.2) is 42.9 Å². The van der Waals surface area contributed by atoms with E-state index in [2.05, 4.69) is 15.6 Å². The van der Waals surface area contributed by atoms with Crippen molar-refractivity contribution in [3.8, 4) is 0 Å². The number of amides is 1. The molecule has 1 aliphatic heterocycles. The Bertz CT molecular complexity index is 766. The van der Waals surface area contributed by atoms with Crippen LogP contribution < -0.4 is 10.6 Å². The number of aliphatic imine (C=N–C) groups is 1. The van der Waals surface area contributed by atoms with Gasteiger partial charge in [-0.1, -0.05) is 18.9 Å². The Balaban J connectivity index is 0.00000320. The highest BCUT2D eigenvalue weighted by Gasteiger charge is 2.34. The molecule has 2 fully saturated rings. The summed E-state index contributed by atoms with van der Waals surface area (Å²) in [5, 5.41) is 6.03. The normalized spacial score (nSPS) is 20.2. The molecule has 1 aliphatic carbocycles. The van der Waals surface area contributed by atoms with Crippen molar-refractivity contribution in [1.29, 1.82) is 0 Å². The summed E-state index contributed by atoms with van der Waals surface area (Å²) in [6, 6.07) is 2.61. The first kappa shape index (κ1) is 24.7. The maximum atomic E-state index is 13.2. The number of benzene rings is 1. The zero-order chi connectivity index (χ0) is 21.0. The molecule has 5 nitrogen and oxygen atoms in total. The van der Waals surface area contributed by atoms with E-state index in [4.69, 9.17) is 0 Å².